The van der Waals surface area contributed by atoms with Gasteiger partial charge in [-0.1, -0.05) is 6.07 Å². The summed E-state index contributed by atoms with van der Waals surface area (Å²) < 4.78 is 0. The highest BCUT2D eigenvalue weighted by Crippen LogP contribution is 2.09. The molecule has 0 fully saturated rings. The molecule has 0 aliphatic heterocycles. The van der Waals surface area contributed by atoms with Crippen LogP contribution in [0.4, 0.5) is 11.6 Å². The van der Waals surface area contributed by atoms with Crippen LogP contribution in [0.2, 0.25) is 0 Å². The van der Waals surface area contributed by atoms with Gasteiger partial charge in [0.1, 0.15) is 18.0 Å². The highest BCUT2D eigenvalue weighted by Gasteiger charge is 1.99. The van der Waals surface area contributed by atoms with E-state index < -0.39 is 0 Å². The Bertz CT molecular complexity index is 549. The van der Waals surface area contributed by atoms with Gasteiger partial charge in [0.25, 0.3) is 0 Å². The molecule has 2 heterocycles. The molecule has 6 nitrogen and oxygen atoms in total. The van der Waals surface area contributed by atoms with E-state index in [0.29, 0.717) is 25.3 Å². The fourth-order valence-corrected chi connectivity index (χ4v) is 1.48. The Hall–Kier alpha value is -2.68. The second kappa shape index (κ2) is 6.91. The van der Waals surface area contributed by atoms with Gasteiger partial charge in [0.15, 0.2) is 0 Å². The molecule has 0 aromatic carbocycles. The van der Waals surface area contributed by atoms with E-state index in [1.54, 1.807) is 12.3 Å². The summed E-state index contributed by atoms with van der Waals surface area (Å²) in [5.41, 5.74) is 0.945. The summed E-state index contributed by atoms with van der Waals surface area (Å²) in [6, 6.07) is 9.64. The lowest BCUT2D eigenvalue weighted by Gasteiger charge is -2.07. The van der Waals surface area contributed by atoms with E-state index >= 15 is 0 Å². The molecule has 2 aromatic rings. The lowest BCUT2D eigenvalue weighted by atomic mass is 10.3. The average Bonchev–Trinajstić information content (AvgIpc) is 2.47. The van der Waals surface area contributed by atoms with Crippen molar-refractivity contribution in [2.75, 3.05) is 17.2 Å². The smallest absolute Gasteiger partial charge is 0.131 e. The lowest BCUT2D eigenvalue weighted by Crippen LogP contribution is -2.06. The summed E-state index contributed by atoms with van der Waals surface area (Å²) >= 11 is 0. The second-order valence-corrected chi connectivity index (χ2v) is 3.80. The van der Waals surface area contributed by atoms with Crippen LogP contribution < -0.4 is 10.6 Å². The van der Waals surface area contributed by atoms with Gasteiger partial charge in [-0.15, -0.1) is 0 Å². The Balaban J connectivity index is 1.90. The Kier molecular flexibility index (Phi) is 4.64. The van der Waals surface area contributed by atoms with Crippen LogP contribution in [0, 0.1) is 11.3 Å². The van der Waals surface area contributed by atoms with Gasteiger partial charge >= 0.3 is 0 Å². The Morgan fingerprint density at radius 2 is 1.95 bits per heavy atom. The fraction of sp³-hybridized carbons (Fsp3) is 0.231. The first-order chi connectivity index (χ1) is 9.38. The molecular weight excluding hydrogens is 240 g/mol. The van der Waals surface area contributed by atoms with E-state index in [9.17, 15) is 0 Å². The molecule has 2 N–H and O–H groups in total. The van der Waals surface area contributed by atoms with Crippen LogP contribution in [0.3, 0.4) is 0 Å². The van der Waals surface area contributed by atoms with Gasteiger partial charge in [-0.2, -0.15) is 5.26 Å². The molecule has 19 heavy (non-hydrogen) atoms. The van der Waals surface area contributed by atoms with Crippen molar-refractivity contribution in [3.8, 4) is 6.07 Å². The fourth-order valence-electron chi connectivity index (χ4n) is 1.48. The van der Waals surface area contributed by atoms with Crippen molar-refractivity contribution >= 4 is 11.6 Å². The molecule has 0 bridgehead atoms. The minimum Gasteiger partial charge on any atom is -0.369 e. The molecule has 0 unspecified atom stereocenters. The number of pyridine rings is 1. The SMILES string of the molecule is N#CCCNc1cc(NCc2ccccn2)ncn1. The second-order valence-electron chi connectivity index (χ2n) is 3.80. The number of nitrogens with one attached hydrogen (secondary N) is 2. The summed E-state index contributed by atoms with van der Waals surface area (Å²) in [5, 5.41) is 14.7. The largest absolute Gasteiger partial charge is 0.369 e. The molecule has 2 aromatic heterocycles. The minimum atomic E-state index is 0.445. The van der Waals surface area contributed by atoms with Gasteiger partial charge in [-0.05, 0) is 12.1 Å². The van der Waals surface area contributed by atoms with Gasteiger partial charge in [0.05, 0.1) is 24.7 Å². The van der Waals surface area contributed by atoms with Crippen molar-refractivity contribution in [2.45, 2.75) is 13.0 Å². The van der Waals surface area contributed by atoms with Gasteiger partial charge in [0.2, 0.25) is 0 Å². The Labute approximate surface area is 111 Å². The van der Waals surface area contributed by atoms with E-state index in [1.807, 2.05) is 18.2 Å². The summed E-state index contributed by atoms with van der Waals surface area (Å²) in [6.45, 7) is 1.18. The maximum absolute atomic E-state index is 8.47. The molecule has 0 aliphatic rings. The Morgan fingerprint density at radius 1 is 1.11 bits per heavy atom. The summed E-state index contributed by atoms with van der Waals surface area (Å²) in [7, 11) is 0. The van der Waals surface area contributed by atoms with E-state index in [4.69, 9.17) is 5.26 Å². The molecule has 6 heteroatoms. The van der Waals surface area contributed by atoms with Crippen molar-refractivity contribution in [1.29, 1.82) is 5.26 Å². The number of aromatic nitrogens is 3. The monoisotopic (exact) mass is 254 g/mol. The van der Waals surface area contributed by atoms with Crippen molar-refractivity contribution in [3.63, 3.8) is 0 Å². The first kappa shape index (κ1) is 12.8. The molecule has 0 saturated carbocycles. The number of hydrogen-bond donors (Lipinski definition) is 2. The molecule has 0 spiro atoms. The third-order valence-corrected chi connectivity index (χ3v) is 2.39. The maximum atomic E-state index is 8.47. The topological polar surface area (TPSA) is 86.5 Å². The zero-order chi connectivity index (χ0) is 13.3. The van der Waals surface area contributed by atoms with Crippen LogP contribution in [-0.2, 0) is 6.54 Å². The van der Waals surface area contributed by atoms with Crippen LogP contribution in [-0.4, -0.2) is 21.5 Å². The molecule has 2 rings (SSSR count). The number of hydrogen-bond acceptors (Lipinski definition) is 6. The average molecular weight is 254 g/mol. The van der Waals surface area contributed by atoms with Crippen LogP contribution >= 0.6 is 0 Å². The first-order valence-corrected chi connectivity index (χ1v) is 5.95. The first-order valence-electron chi connectivity index (χ1n) is 5.95. The molecule has 0 atom stereocenters. The zero-order valence-electron chi connectivity index (χ0n) is 10.4. The van der Waals surface area contributed by atoms with Crippen LogP contribution in [0.1, 0.15) is 12.1 Å². The van der Waals surface area contributed by atoms with E-state index in [-0.39, 0.29) is 0 Å². The normalized spacial score (nSPS) is 9.63. The van der Waals surface area contributed by atoms with Crippen molar-refractivity contribution in [2.24, 2.45) is 0 Å². The molecule has 96 valence electrons. The van der Waals surface area contributed by atoms with E-state index in [2.05, 4.69) is 31.7 Å². The summed E-state index contributed by atoms with van der Waals surface area (Å²) in [4.78, 5) is 12.4. The molecule has 0 saturated heterocycles. The summed E-state index contributed by atoms with van der Waals surface area (Å²) in [6.07, 6.45) is 3.68. The third kappa shape index (κ3) is 4.24. The lowest BCUT2D eigenvalue weighted by molar-refractivity contribution is 1.01. The number of nitrogens with zero attached hydrogens (tertiary/aromatic N) is 4. The van der Waals surface area contributed by atoms with Crippen molar-refractivity contribution < 1.29 is 0 Å². The number of nitriles is 1. The van der Waals surface area contributed by atoms with Gasteiger partial charge in [-0.3, -0.25) is 4.98 Å². The van der Waals surface area contributed by atoms with Gasteiger partial charge < -0.3 is 10.6 Å². The van der Waals surface area contributed by atoms with Crippen LogP contribution in [0.15, 0.2) is 36.8 Å². The van der Waals surface area contributed by atoms with E-state index in [0.717, 1.165) is 11.5 Å². The standard InChI is InChI=1S/C13H14N6/c14-5-3-7-16-12-8-13(19-10-18-12)17-9-11-4-1-2-6-15-11/h1-2,4,6,8,10H,3,7,9H2,(H2,16,17,18,19). The highest BCUT2D eigenvalue weighted by molar-refractivity contribution is 5.46. The van der Waals surface area contributed by atoms with Crippen LogP contribution in [0.25, 0.3) is 0 Å². The van der Waals surface area contributed by atoms with Crippen molar-refractivity contribution in [1.82, 2.24) is 15.0 Å². The molecule has 0 radical (unpaired) electrons. The van der Waals surface area contributed by atoms with Crippen molar-refractivity contribution in [3.05, 3.63) is 42.5 Å². The quantitative estimate of drug-likeness (QED) is 0.764. The minimum absolute atomic E-state index is 0.445. The number of anilines is 2. The molecule has 0 aliphatic carbocycles. The predicted molar refractivity (Wildman–Crippen MR) is 72.3 cm³/mol. The van der Waals surface area contributed by atoms with Gasteiger partial charge in [-0.25, -0.2) is 9.97 Å². The number of rotatable bonds is 6. The maximum Gasteiger partial charge on any atom is 0.131 e. The third-order valence-electron chi connectivity index (χ3n) is 2.39. The zero-order valence-corrected chi connectivity index (χ0v) is 10.4. The molecular formula is C13H14N6. The summed E-state index contributed by atoms with van der Waals surface area (Å²) in [5.74, 6) is 1.42. The molecule has 0 amide bonds. The highest BCUT2D eigenvalue weighted by atomic mass is 15.1. The van der Waals surface area contributed by atoms with Gasteiger partial charge in [0, 0.05) is 18.8 Å². The predicted octanol–water partition coefficient (Wildman–Crippen LogP) is 1.81. The Morgan fingerprint density at radius 3 is 2.68 bits per heavy atom. The van der Waals surface area contributed by atoms with Crippen LogP contribution in [0.5, 0.6) is 0 Å². The van der Waals surface area contributed by atoms with E-state index in [1.165, 1.54) is 6.33 Å².